The van der Waals surface area contributed by atoms with E-state index in [9.17, 15) is 0 Å². The Bertz CT molecular complexity index is 597. The third-order valence-electron chi connectivity index (χ3n) is 2.40. The molecule has 0 saturated heterocycles. The smallest absolute Gasteiger partial charge is 0.138 e. The summed E-state index contributed by atoms with van der Waals surface area (Å²) in [5, 5.41) is 0. The molecule has 2 aromatic rings. The van der Waals surface area contributed by atoms with Gasteiger partial charge in [-0.15, -0.1) is 0 Å². The number of H-pyrrole nitrogens is 1. The lowest BCUT2D eigenvalue weighted by Gasteiger charge is -1.95. The lowest BCUT2D eigenvalue weighted by molar-refractivity contribution is 1.23. The van der Waals surface area contributed by atoms with Crippen LogP contribution < -0.4 is 0 Å². The van der Waals surface area contributed by atoms with Crippen LogP contribution in [0.3, 0.4) is 0 Å². The number of imidazole rings is 1. The number of allylic oxidation sites excluding steroid dienone is 4. The molecule has 0 radical (unpaired) electrons. The molecule has 0 saturated carbocycles. The highest BCUT2D eigenvalue weighted by Crippen LogP contribution is 2.27. The Labute approximate surface area is 128 Å². The SMILES string of the molecule is C=C/C=C(\C=C)c1nc(-c2ccncc2)c(Br)[nH]1.CC. The average molecular weight is 332 g/mol. The standard InChI is InChI=1S/C14H12BrN3.C2H6/c1-3-5-10(4-2)14-17-12(13(15)18-14)11-6-8-16-9-7-11;1-2/h3-9H,1-2H2,(H,17,18);1-2H3/b10-5+;. The molecule has 20 heavy (non-hydrogen) atoms. The maximum Gasteiger partial charge on any atom is 0.138 e. The van der Waals surface area contributed by atoms with E-state index in [4.69, 9.17) is 0 Å². The van der Waals surface area contributed by atoms with Gasteiger partial charge >= 0.3 is 0 Å². The van der Waals surface area contributed by atoms with Crippen LogP contribution in [-0.2, 0) is 0 Å². The van der Waals surface area contributed by atoms with Crippen LogP contribution in [0.1, 0.15) is 19.7 Å². The first-order chi connectivity index (χ1) is 9.76. The minimum absolute atomic E-state index is 0.753. The highest BCUT2D eigenvalue weighted by atomic mass is 79.9. The number of aromatic nitrogens is 3. The van der Waals surface area contributed by atoms with Crippen molar-refractivity contribution >= 4 is 21.5 Å². The summed E-state index contributed by atoms with van der Waals surface area (Å²) in [6.07, 6.45) is 8.78. The molecule has 0 unspecified atom stereocenters. The van der Waals surface area contributed by atoms with Crippen molar-refractivity contribution in [2.24, 2.45) is 0 Å². The number of rotatable bonds is 4. The molecule has 0 bridgehead atoms. The van der Waals surface area contributed by atoms with Gasteiger partial charge in [0.25, 0.3) is 0 Å². The largest absolute Gasteiger partial charge is 0.332 e. The summed E-state index contributed by atoms with van der Waals surface area (Å²) in [5.41, 5.74) is 2.75. The van der Waals surface area contributed by atoms with Crippen LogP contribution in [0.25, 0.3) is 16.8 Å². The monoisotopic (exact) mass is 331 g/mol. The summed E-state index contributed by atoms with van der Waals surface area (Å²) in [7, 11) is 0. The van der Waals surface area contributed by atoms with Crippen LogP contribution in [0.2, 0.25) is 0 Å². The molecule has 0 aromatic carbocycles. The quantitative estimate of drug-likeness (QED) is 0.799. The average Bonchev–Trinajstić information content (AvgIpc) is 2.89. The lowest BCUT2D eigenvalue weighted by atomic mass is 10.2. The minimum Gasteiger partial charge on any atom is -0.332 e. The Morgan fingerprint density at radius 1 is 1.25 bits per heavy atom. The van der Waals surface area contributed by atoms with Crippen LogP contribution in [-0.4, -0.2) is 15.0 Å². The van der Waals surface area contributed by atoms with Crippen LogP contribution in [0.4, 0.5) is 0 Å². The third-order valence-corrected chi connectivity index (χ3v) is 2.98. The van der Waals surface area contributed by atoms with E-state index >= 15 is 0 Å². The number of hydrogen-bond donors (Lipinski definition) is 1. The fourth-order valence-electron chi connectivity index (χ4n) is 1.56. The molecule has 2 rings (SSSR count). The van der Waals surface area contributed by atoms with Gasteiger partial charge in [0.15, 0.2) is 0 Å². The van der Waals surface area contributed by atoms with Gasteiger partial charge in [0.05, 0.1) is 0 Å². The van der Waals surface area contributed by atoms with Crippen LogP contribution in [0.15, 0.2) is 60.5 Å². The molecule has 0 amide bonds. The highest BCUT2D eigenvalue weighted by molar-refractivity contribution is 9.10. The molecular weight excluding hydrogens is 314 g/mol. The van der Waals surface area contributed by atoms with E-state index in [0.717, 1.165) is 27.3 Å². The molecule has 4 heteroatoms. The van der Waals surface area contributed by atoms with E-state index < -0.39 is 0 Å². The van der Waals surface area contributed by atoms with E-state index in [0.29, 0.717) is 0 Å². The minimum atomic E-state index is 0.753. The number of hydrogen-bond acceptors (Lipinski definition) is 2. The summed E-state index contributed by atoms with van der Waals surface area (Å²) in [5.74, 6) is 0.753. The second-order valence-electron chi connectivity index (χ2n) is 3.55. The number of nitrogens with one attached hydrogen (secondary N) is 1. The zero-order valence-electron chi connectivity index (χ0n) is 11.7. The Morgan fingerprint density at radius 3 is 2.45 bits per heavy atom. The first-order valence-corrected chi connectivity index (χ1v) is 7.17. The second-order valence-corrected chi connectivity index (χ2v) is 4.34. The van der Waals surface area contributed by atoms with Gasteiger partial charge in [0, 0.05) is 23.5 Å². The van der Waals surface area contributed by atoms with Crippen molar-refractivity contribution in [2.75, 3.05) is 0 Å². The van der Waals surface area contributed by atoms with Crippen LogP contribution in [0.5, 0.6) is 0 Å². The van der Waals surface area contributed by atoms with E-state index in [-0.39, 0.29) is 0 Å². The third kappa shape index (κ3) is 3.78. The second kappa shape index (κ2) is 8.27. The molecule has 0 aliphatic rings. The Balaban J connectivity index is 0.000000956. The van der Waals surface area contributed by atoms with Crippen molar-refractivity contribution in [2.45, 2.75) is 13.8 Å². The molecule has 2 heterocycles. The van der Waals surface area contributed by atoms with Crippen LogP contribution >= 0.6 is 15.9 Å². The van der Waals surface area contributed by atoms with Gasteiger partial charge in [-0.2, -0.15) is 0 Å². The first kappa shape index (κ1) is 16.1. The van der Waals surface area contributed by atoms with Gasteiger partial charge in [-0.25, -0.2) is 4.98 Å². The maximum atomic E-state index is 4.55. The summed E-state index contributed by atoms with van der Waals surface area (Å²) >= 11 is 3.48. The molecule has 0 atom stereocenters. The van der Waals surface area contributed by atoms with Crippen molar-refractivity contribution < 1.29 is 0 Å². The van der Waals surface area contributed by atoms with Gasteiger partial charge < -0.3 is 4.98 Å². The van der Waals surface area contributed by atoms with Crippen molar-refractivity contribution in [3.8, 4) is 11.3 Å². The zero-order valence-corrected chi connectivity index (χ0v) is 13.3. The number of aromatic amines is 1. The molecule has 104 valence electrons. The van der Waals surface area contributed by atoms with Crippen LogP contribution in [0, 0.1) is 0 Å². The van der Waals surface area contributed by atoms with E-state index in [2.05, 4.69) is 44.0 Å². The van der Waals surface area contributed by atoms with E-state index in [1.165, 1.54) is 0 Å². The van der Waals surface area contributed by atoms with Gasteiger partial charge in [-0.1, -0.05) is 45.2 Å². The van der Waals surface area contributed by atoms with Gasteiger partial charge in [0.1, 0.15) is 16.1 Å². The molecule has 0 aliphatic carbocycles. The predicted molar refractivity (Wildman–Crippen MR) is 89.2 cm³/mol. The fraction of sp³-hybridized carbons (Fsp3) is 0.125. The Hall–Kier alpha value is -1.94. The number of halogens is 1. The van der Waals surface area contributed by atoms with E-state index in [1.807, 2.05) is 32.1 Å². The topological polar surface area (TPSA) is 41.6 Å². The predicted octanol–water partition coefficient (Wildman–Crippen LogP) is 5.02. The van der Waals surface area contributed by atoms with Crippen molar-refractivity contribution in [1.29, 1.82) is 0 Å². The lowest BCUT2D eigenvalue weighted by Crippen LogP contribution is -1.84. The van der Waals surface area contributed by atoms with Gasteiger partial charge in [0.2, 0.25) is 0 Å². The van der Waals surface area contributed by atoms with Crippen molar-refractivity contribution in [3.05, 3.63) is 66.3 Å². The molecule has 3 nitrogen and oxygen atoms in total. The summed E-state index contributed by atoms with van der Waals surface area (Å²) < 4.78 is 0.834. The summed E-state index contributed by atoms with van der Waals surface area (Å²) in [4.78, 5) is 11.7. The maximum absolute atomic E-state index is 4.55. The molecule has 0 fully saturated rings. The van der Waals surface area contributed by atoms with Crippen molar-refractivity contribution in [1.82, 2.24) is 15.0 Å². The van der Waals surface area contributed by atoms with Gasteiger partial charge in [-0.05, 0) is 28.1 Å². The molecule has 0 spiro atoms. The number of pyridine rings is 1. The zero-order chi connectivity index (χ0) is 15.0. The number of nitrogens with zero attached hydrogens (tertiary/aromatic N) is 2. The summed E-state index contributed by atoms with van der Waals surface area (Å²) in [6.45, 7) is 11.4. The molecular formula is C16H18BrN3. The Morgan fingerprint density at radius 2 is 1.90 bits per heavy atom. The van der Waals surface area contributed by atoms with E-state index in [1.54, 1.807) is 24.5 Å². The first-order valence-electron chi connectivity index (χ1n) is 6.37. The summed E-state index contributed by atoms with van der Waals surface area (Å²) in [6, 6.07) is 3.82. The highest BCUT2D eigenvalue weighted by Gasteiger charge is 2.11. The fourth-order valence-corrected chi connectivity index (χ4v) is 2.07. The van der Waals surface area contributed by atoms with Gasteiger partial charge in [-0.3, -0.25) is 4.98 Å². The molecule has 2 aromatic heterocycles. The molecule has 1 N–H and O–H groups in total. The molecule has 0 aliphatic heterocycles. The normalized spacial score (nSPS) is 10.4. The van der Waals surface area contributed by atoms with Crippen molar-refractivity contribution in [3.63, 3.8) is 0 Å². The Kier molecular flexibility index (Phi) is 6.67.